The zero-order chi connectivity index (χ0) is 17.6. The summed E-state index contributed by atoms with van der Waals surface area (Å²) >= 11 is 0. The Morgan fingerprint density at radius 3 is 2.46 bits per heavy atom. The molecule has 5 nitrogen and oxygen atoms in total. The van der Waals surface area contributed by atoms with Gasteiger partial charge in [0.2, 0.25) is 10.0 Å². The highest BCUT2D eigenvalue weighted by Crippen LogP contribution is 2.16. The summed E-state index contributed by atoms with van der Waals surface area (Å²) in [5.74, 6) is -0.153. The van der Waals surface area contributed by atoms with Crippen molar-refractivity contribution in [1.29, 1.82) is 5.26 Å². The predicted octanol–water partition coefficient (Wildman–Crippen LogP) is 2.28. The van der Waals surface area contributed by atoms with Crippen molar-refractivity contribution < 1.29 is 8.42 Å². The fourth-order valence-corrected chi connectivity index (χ4v) is 3.82. The van der Waals surface area contributed by atoms with Crippen LogP contribution in [0, 0.1) is 11.3 Å². The van der Waals surface area contributed by atoms with Crippen LogP contribution in [0.3, 0.4) is 0 Å². The molecule has 0 aliphatic heterocycles. The van der Waals surface area contributed by atoms with Crippen LogP contribution in [-0.2, 0) is 15.8 Å². The number of hydrogen-bond acceptors (Lipinski definition) is 4. The summed E-state index contributed by atoms with van der Waals surface area (Å²) in [5, 5.41) is 8.93. The van der Waals surface area contributed by atoms with E-state index in [4.69, 9.17) is 5.26 Å². The van der Waals surface area contributed by atoms with Gasteiger partial charge in [0.05, 0.1) is 23.4 Å². The molecule has 0 radical (unpaired) electrons. The Morgan fingerprint density at radius 2 is 1.83 bits per heavy atom. The van der Waals surface area contributed by atoms with Gasteiger partial charge in [-0.15, -0.1) is 0 Å². The highest BCUT2D eigenvalue weighted by atomic mass is 32.2. The molecule has 0 saturated carbocycles. The van der Waals surface area contributed by atoms with Gasteiger partial charge < -0.3 is 4.90 Å². The van der Waals surface area contributed by atoms with E-state index >= 15 is 0 Å². The van der Waals surface area contributed by atoms with Crippen LogP contribution in [0.2, 0.25) is 0 Å². The van der Waals surface area contributed by atoms with Crippen molar-refractivity contribution in [2.75, 3.05) is 20.6 Å². The van der Waals surface area contributed by atoms with E-state index in [-0.39, 0.29) is 11.8 Å². The molecule has 24 heavy (non-hydrogen) atoms. The first-order chi connectivity index (χ1) is 11.4. The Labute approximate surface area is 143 Å². The Hall–Kier alpha value is -2.20. The lowest BCUT2D eigenvalue weighted by atomic mass is 10.1. The lowest BCUT2D eigenvalue weighted by Crippen LogP contribution is -2.35. The standard InChI is InChI=1S/C18H21N3O2S/c1-21(2)13-18(17-9-4-3-5-10-17)20-24(22,23)14-16-8-6-7-15(11-16)12-19/h3-11,18,20H,13-14H2,1-2H3/t18-/m1/s1. The van der Waals surface area contributed by atoms with Crippen LogP contribution in [0.1, 0.15) is 22.7 Å². The monoisotopic (exact) mass is 343 g/mol. The maximum Gasteiger partial charge on any atom is 0.216 e. The maximum atomic E-state index is 12.6. The molecule has 2 aromatic rings. The van der Waals surface area contributed by atoms with Crippen molar-refractivity contribution in [2.24, 2.45) is 0 Å². The molecule has 0 heterocycles. The maximum absolute atomic E-state index is 12.6. The van der Waals surface area contributed by atoms with Crippen molar-refractivity contribution in [2.45, 2.75) is 11.8 Å². The van der Waals surface area contributed by atoms with Crippen LogP contribution in [0.5, 0.6) is 0 Å². The number of nitrogens with zero attached hydrogens (tertiary/aromatic N) is 2. The smallest absolute Gasteiger partial charge is 0.216 e. The molecule has 0 spiro atoms. The second-order valence-electron chi connectivity index (χ2n) is 5.91. The molecule has 1 atom stereocenters. The van der Waals surface area contributed by atoms with Crippen molar-refractivity contribution in [1.82, 2.24) is 9.62 Å². The van der Waals surface area contributed by atoms with E-state index in [1.54, 1.807) is 24.3 Å². The largest absolute Gasteiger partial charge is 0.307 e. The number of hydrogen-bond donors (Lipinski definition) is 1. The molecule has 126 valence electrons. The first-order valence-corrected chi connectivity index (χ1v) is 9.23. The Morgan fingerprint density at radius 1 is 1.12 bits per heavy atom. The van der Waals surface area contributed by atoms with Crippen molar-refractivity contribution in [3.63, 3.8) is 0 Å². The molecule has 2 rings (SSSR count). The van der Waals surface area contributed by atoms with Gasteiger partial charge >= 0.3 is 0 Å². The number of sulfonamides is 1. The van der Waals surface area contributed by atoms with Crippen LogP contribution >= 0.6 is 0 Å². The van der Waals surface area contributed by atoms with Gasteiger partial charge in [-0.1, -0.05) is 42.5 Å². The molecule has 0 saturated heterocycles. The highest BCUT2D eigenvalue weighted by molar-refractivity contribution is 7.88. The fraction of sp³-hybridized carbons (Fsp3) is 0.278. The third-order valence-electron chi connectivity index (χ3n) is 3.48. The van der Waals surface area contributed by atoms with Crippen LogP contribution in [-0.4, -0.2) is 34.0 Å². The molecule has 0 aliphatic carbocycles. The van der Waals surface area contributed by atoms with E-state index in [1.807, 2.05) is 55.4 Å². The minimum absolute atomic E-state index is 0.153. The molecule has 0 aliphatic rings. The number of likely N-dealkylation sites (N-methyl/N-ethyl adjacent to an activating group) is 1. The third-order valence-corrected chi connectivity index (χ3v) is 4.84. The van der Waals surface area contributed by atoms with Gasteiger partial charge in [0, 0.05) is 6.54 Å². The van der Waals surface area contributed by atoms with E-state index in [1.165, 1.54) is 0 Å². The number of rotatable bonds is 7. The minimum Gasteiger partial charge on any atom is -0.307 e. The summed E-state index contributed by atoms with van der Waals surface area (Å²) in [5.41, 5.74) is 1.97. The fourth-order valence-electron chi connectivity index (χ4n) is 2.47. The molecule has 0 aromatic heterocycles. The van der Waals surface area contributed by atoms with E-state index < -0.39 is 10.0 Å². The van der Waals surface area contributed by atoms with Crippen molar-refractivity contribution in [3.05, 3.63) is 71.3 Å². The quantitative estimate of drug-likeness (QED) is 0.837. The zero-order valence-electron chi connectivity index (χ0n) is 13.8. The lowest BCUT2D eigenvalue weighted by Gasteiger charge is -2.22. The molecule has 0 bridgehead atoms. The first-order valence-electron chi connectivity index (χ1n) is 7.58. The van der Waals surface area contributed by atoms with Gasteiger partial charge in [-0.05, 0) is 37.4 Å². The number of nitrogens with one attached hydrogen (secondary N) is 1. The van der Waals surface area contributed by atoms with Crippen LogP contribution in [0.15, 0.2) is 54.6 Å². The number of benzene rings is 2. The summed E-state index contributed by atoms with van der Waals surface area (Å²) in [6.07, 6.45) is 0. The van der Waals surface area contributed by atoms with E-state index in [2.05, 4.69) is 4.72 Å². The lowest BCUT2D eigenvalue weighted by molar-refractivity contribution is 0.363. The molecule has 1 N–H and O–H groups in total. The van der Waals surface area contributed by atoms with E-state index in [0.29, 0.717) is 17.7 Å². The Kier molecular flexibility index (Phi) is 6.10. The molecule has 0 unspecified atom stereocenters. The van der Waals surface area contributed by atoms with Gasteiger partial charge in [0.25, 0.3) is 0 Å². The summed E-state index contributed by atoms with van der Waals surface area (Å²) in [6, 6.07) is 17.9. The van der Waals surface area contributed by atoms with Crippen LogP contribution < -0.4 is 4.72 Å². The molecule has 2 aromatic carbocycles. The molecule has 0 amide bonds. The summed E-state index contributed by atoms with van der Waals surface area (Å²) in [6.45, 7) is 0.557. The van der Waals surface area contributed by atoms with Crippen molar-refractivity contribution in [3.8, 4) is 6.07 Å². The van der Waals surface area contributed by atoms with Gasteiger partial charge in [0.1, 0.15) is 0 Å². The topological polar surface area (TPSA) is 73.2 Å². The van der Waals surface area contributed by atoms with Gasteiger partial charge in [0.15, 0.2) is 0 Å². The Bertz CT molecular complexity index is 812. The minimum atomic E-state index is -3.54. The SMILES string of the molecule is CN(C)C[C@@H](NS(=O)(=O)Cc1cccc(C#N)c1)c1ccccc1. The normalized spacial score (nSPS) is 12.8. The average molecular weight is 343 g/mol. The third kappa shape index (κ3) is 5.46. The summed E-state index contributed by atoms with van der Waals surface area (Å²) in [7, 11) is 0.268. The molecule has 6 heteroatoms. The highest BCUT2D eigenvalue weighted by Gasteiger charge is 2.20. The zero-order valence-corrected chi connectivity index (χ0v) is 14.6. The van der Waals surface area contributed by atoms with Crippen LogP contribution in [0.25, 0.3) is 0 Å². The molecular weight excluding hydrogens is 322 g/mol. The number of nitriles is 1. The first kappa shape index (κ1) is 18.1. The molecule has 0 fully saturated rings. The van der Waals surface area contributed by atoms with Crippen LogP contribution in [0.4, 0.5) is 0 Å². The molecular formula is C18H21N3O2S. The van der Waals surface area contributed by atoms with E-state index in [0.717, 1.165) is 5.56 Å². The second-order valence-corrected chi connectivity index (χ2v) is 7.67. The van der Waals surface area contributed by atoms with Gasteiger partial charge in [-0.25, -0.2) is 13.1 Å². The Balaban J connectivity index is 2.19. The van der Waals surface area contributed by atoms with E-state index in [9.17, 15) is 8.42 Å². The van der Waals surface area contributed by atoms with Gasteiger partial charge in [-0.2, -0.15) is 5.26 Å². The average Bonchev–Trinajstić information content (AvgIpc) is 2.54. The summed E-state index contributed by atoms with van der Waals surface area (Å²) < 4.78 is 27.9. The van der Waals surface area contributed by atoms with Crippen molar-refractivity contribution >= 4 is 10.0 Å². The predicted molar refractivity (Wildman–Crippen MR) is 94.7 cm³/mol. The van der Waals surface area contributed by atoms with Gasteiger partial charge in [-0.3, -0.25) is 0 Å². The second kappa shape index (κ2) is 8.06. The summed E-state index contributed by atoms with van der Waals surface area (Å²) in [4.78, 5) is 1.94.